The maximum Gasteiger partial charge on any atom is 0.296 e. The predicted octanol–water partition coefficient (Wildman–Crippen LogP) is 2.30. The molecule has 0 spiro atoms. The first kappa shape index (κ1) is 40.5. The van der Waals surface area contributed by atoms with Gasteiger partial charge >= 0.3 is 0 Å². The first-order valence-corrected chi connectivity index (χ1v) is 22.4. The lowest BCUT2D eigenvalue weighted by Gasteiger charge is -2.19. The summed E-state index contributed by atoms with van der Waals surface area (Å²) in [6, 6.07) is 13.0. The predicted molar refractivity (Wildman–Crippen MR) is 204 cm³/mol. The van der Waals surface area contributed by atoms with Crippen LogP contribution in [0.25, 0.3) is 27.4 Å². The number of anilines is 2. The number of hydrogen-bond donors (Lipinski definition) is 5. The standard InChI is InChI=1S/C35H31N3O14S4/c1-3-38(4-2)14-15-53(42,43)20-12-13-26(55(47,48)49)24(17-20)36-25-18-27(56(50,51)52)32-30-28(22-10-5-6-11-23(22)34(40)29(25)30)31(35(41)37-32)33(39)19-8-7-9-21(16-19)54(44,45)46/h5-13,16-18,36,39H,3-4,14-15H2,1-2H3,(H,44,45,46)(H,47,48,49)(H,50,51,52). The Hall–Kier alpha value is -5.13. The highest BCUT2D eigenvalue weighted by Gasteiger charge is 2.27. The van der Waals surface area contributed by atoms with Crippen molar-refractivity contribution in [2.45, 2.75) is 33.4 Å². The van der Waals surface area contributed by atoms with Crippen molar-refractivity contribution in [2.75, 3.05) is 30.7 Å². The molecule has 4 aromatic carbocycles. The molecule has 0 saturated carbocycles. The van der Waals surface area contributed by atoms with E-state index >= 15 is 0 Å². The van der Waals surface area contributed by atoms with Crippen LogP contribution in [0.15, 0.2) is 102 Å². The molecule has 0 amide bonds. The van der Waals surface area contributed by atoms with Crippen molar-refractivity contribution < 1.29 is 52.4 Å². The van der Waals surface area contributed by atoms with Gasteiger partial charge in [0.2, 0.25) is 0 Å². The smallest absolute Gasteiger partial charge is 0.296 e. The molecule has 56 heavy (non-hydrogen) atoms. The number of nitrogens with zero attached hydrogens (tertiary/aromatic N) is 2. The normalized spacial score (nSPS) is 13.5. The maximum atomic E-state index is 14.4. The van der Waals surface area contributed by atoms with Gasteiger partial charge in [-0.25, -0.2) is 13.4 Å². The highest BCUT2D eigenvalue weighted by Crippen LogP contribution is 2.34. The first-order chi connectivity index (χ1) is 26.1. The summed E-state index contributed by atoms with van der Waals surface area (Å²) in [4.78, 5) is 30.8. The third-order valence-electron chi connectivity index (χ3n) is 9.21. The van der Waals surface area contributed by atoms with Gasteiger partial charge in [-0.3, -0.25) is 23.2 Å². The molecule has 2 aliphatic rings. The van der Waals surface area contributed by atoms with E-state index in [-0.39, 0.29) is 28.1 Å². The topological polar surface area (TPSA) is 280 Å². The van der Waals surface area contributed by atoms with Gasteiger partial charge in [0.05, 0.1) is 43.0 Å². The lowest BCUT2D eigenvalue weighted by Crippen LogP contribution is -2.33. The fraction of sp³-hybridized carbons (Fsp3) is 0.171. The van der Waals surface area contributed by atoms with E-state index in [1.807, 2.05) is 18.7 Å². The van der Waals surface area contributed by atoms with Crippen molar-refractivity contribution in [3.05, 3.63) is 115 Å². The lowest BCUT2D eigenvalue weighted by atomic mass is 9.96. The molecule has 0 radical (unpaired) electrons. The molecule has 0 unspecified atom stereocenters. The van der Waals surface area contributed by atoms with Crippen molar-refractivity contribution in [3.8, 4) is 0 Å². The molecule has 1 aliphatic heterocycles. The van der Waals surface area contributed by atoms with E-state index in [9.17, 15) is 62.0 Å². The second kappa shape index (κ2) is 14.4. The second-order valence-corrected chi connectivity index (χ2v) is 18.8. The summed E-state index contributed by atoms with van der Waals surface area (Å²) in [7, 11) is -19.4. The van der Waals surface area contributed by atoms with E-state index in [1.54, 1.807) is 0 Å². The van der Waals surface area contributed by atoms with Crippen LogP contribution in [-0.2, 0) is 40.2 Å². The molecule has 294 valence electrons. The van der Waals surface area contributed by atoms with Gasteiger partial charge in [-0.05, 0) is 54.9 Å². The van der Waals surface area contributed by atoms with Gasteiger partial charge in [0.1, 0.15) is 15.6 Å². The highest BCUT2D eigenvalue weighted by atomic mass is 32.2. The molecule has 1 heterocycles. The fourth-order valence-corrected chi connectivity index (χ4v) is 9.59. The summed E-state index contributed by atoms with van der Waals surface area (Å²) in [5.74, 6) is -1.31. The maximum absolute atomic E-state index is 14.4. The molecule has 0 bridgehead atoms. The number of aliphatic hydroxyl groups excluding tert-OH is 1. The van der Waals surface area contributed by atoms with Crippen molar-refractivity contribution in [1.82, 2.24) is 9.88 Å². The Morgan fingerprint density at radius 1 is 0.696 bits per heavy atom. The van der Waals surface area contributed by atoms with Gasteiger partial charge in [-0.1, -0.05) is 50.2 Å². The average Bonchev–Trinajstić information content (AvgIpc) is 3.12. The van der Waals surface area contributed by atoms with Crippen molar-refractivity contribution >= 4 is 79.0 Å². The molecule has 17 nitrogen and oxygen atoms in total. The molecule has 0 atom stereocenters. The van der Waals surface area contributed by atoms with Gasteiger partial charge in [-0.2, -0.15) is 25.3 Å². The second-order valence-electron chi connectivity index (χ2n) is 12.5. The van der Waals surface area contributed by atoms with Gasteiger partial charge < -0.3 is 15.3 Å². The summed E-state index contributed by atoms with van der Waals surface area (Å²) in [5.41, 5.74) is -4.43. The molecule has 1 aliphatic carbocycles. The van der Waals surface area contributed by atoms with Crippen molar-refractivity contribution in [1.29, 1.82) is 0 Å². The number of rotatable bonds is 12. The molecule has 21 heteroatoms. The summed E-state index contributed by atoms with van der Waals surface area (Å²) in [6.45, 7) is 4.85. The molecule has 0 saturated heterocycles. The van der Waals surface area contributed by atoms with Crippen molar-refractivity contribution in [2.24, 2.45) is 0 Å². The van der Waals surface area contributed by atoms with Gasteiger partial charge in [0.15, 0.2) is 15.3 Å². The monoisotopic (exact) mass is 845 g/mol. The highest BCUT2D eigenvalue weighted by molar-refractivity contribution is 7.91. The Balaban J connectivity index is 1.79. The number of hydrogen-bond acceptors (Lipinski definition) is 14. The Labute approximate surface area is 318 Å². The van der Waals surface area contributed by atoms with Crippen LogP contribution < -0.4 is 21.5 Å². The van der Waals surface area contributed by atoms with Gasteiger partial charge in [0.25, 0.3) is 35.9 Å². The minimum absolute atomic E-state index is 0.0414. The number of benzene rings is 4. The Morgan fingerprint density at radius 3 is 1.95 bits per heavy atom. The van der Waals surface area contributed by atoms with Gasteiger partial charge in [0, 0.05) is 27.9 Å². The summed E-state index contributed by atoms with van der Waals surface area (Å²) < 4.78 is 132. The third kappa shape index (κ3) is 7.42. The quantitative estimate of drug-likeness (QED) is 0.111. The zero-order chi connectivity index (χ0) is 41.1. The number of aliphatic hydroxyl groups is 1. The van der Waals surface area contributed by atoms with Crippen LogP contribution in [-0.4, -0.2) is 87.7 Å². The number of nitrogens with one attached hydrogen (secondary N) is 1. The summed E-state index contributed by atoms with van der Waals surface area (Å²) >= 11 is 0. The largest absolute Gasteiger partial charge is 0.506 e. The van der Waals surface area contributed by atoms with E-state index < -0.39 is 115 Å². The zero-order valence-electron chi connectivity index (χ0n) is 29.2. The minimum Gasteiger partial charge on any atom is -0.506 e. The first-order valence-electron chi connectivity index (χ1n) is 16.4. The van der Waals surface area contributed by atoms with Crippen molar-refractivity contribution in [3.63, 3.8) is 0 Å². The number of fused-ring (bicyclic) bond motifs is 2. The minimum atomic E-state index is -5.36. The molecule has 0 aromatic heterocycles. The molecular formula is C35H31N3O14S4. The number of aromatic nitrogens is 1. The van der Waals surface area contributed by atoms with E-state index in [0.717, 1.165) is 36.4 Å². The number of sulfone groups is 1. The molecular weight excluding hydrogens is 815 g/mol. The van der Waals surface area contributed by atoms with Crippen LogP contribution in [0.1, 0.15) is 19.4 Å². The third-order valence-corrected chi connectivity index (χ3v) is 13.5. The SMILES string of the molecule is CCN(CC)CCS(=O)(=O)c1ccc(S(=O)(=O)O)c(Nc2cc(S(=O)(=O)O)c3nc(=O)c(=C(O)c4cccc(S(=O)(=O)O)c4)c4c5ccccc5c(=O)c2c3=4)c1. The van der Waals surface area contributed by atoms with Gasteiger partial charge in [-0.15, -0.1) is 0 Å². The Bertz CT molecular complexity index is 3300. The summed E-state index contributed by atoms with van der Waals surface area (Å²) in [6.07, 6.45) is 0. The van der Waals surface area contributed by atoms with E-state index in [4.69, 9.17) is 0 Å². The zero-order valence-corrected chi connectivity index (χ0v) is 32.4. The van der Waals surface area contributed by atoms with Crippen LogP contribution in [0, 0.1) is 10.4 Å². The molecule has 4 aromatic rings. The van der Waals surface area contributed by atoms with Crippen LogP contribution in [0.3, 0.4) is 0 Å². The lowest BCUT2D eigenvalue weighted by molar-refractivity contribution is 0.321. The summed E-state index contributed by atoms with van der Waals surface area (Å²) in [5, 5.41) is 12.1. The Kier molecular flexibility index (Phi) is 10.4. The van der Waals surface area contributed by atoms with Crippen LogP contribution >= 0.6 is 0 Å². The van der Waals surface area contributed by atoms with E-state index in [2.05, 4.69) is 10.3 Å². The Morgan fingerprint density at radius 2 is 1.34 bits per heavy atom. The van der Waals surface area contributed by atoms with Crippen LogP contribution in [0.2, 0.25) is 0 Å². The van der Waals surface area contributed by atoms with Crippen LogP contribution in [0.5, 0.6) is 0 Å². The van der Waals surface area contributed by atoms with Crippen LogP contribution in [0.4, 0.5) is 11.4 Å². The fourth-order valence-electron chi connectivity index (χ4n) is 6.47. The molecule has 6 rings (SSSR count). The van der Waals surface area contributed by atoms with E-state index in [0.29, 0.717) is 19.2 Å². The average molecular weight is 846 g/mol. The van der Waals surface area contributed by atoms with E-state index in [1.165, 1.54) is 30.3 Å². The molecule has 5 N–H and O–H groups in total. The molecule has 0 fully saturated rings.